The Morgan fingerprint density at radius 2 is 1.59 bits per heavy atom. The standard InChI is InChI=1S/C20H31N3O4/c1-25-18-3-5-19(6-4-18)27-14-2-7-21-8-10-22(11-9-21)17-20(24)23-12-15-26-16-13-23/h3-6H,2,7-17H2,1H3. The molecule has 0 aliphatic carbocycles. The van der Waals surface area contributed by atoms with Gasteiger partial charge in [-0.3, -0.25) is 9.69 Å². The third-order valence-electron chi connectivity index (χ3n) is 5.13. The van der Waals surface area contributed by atoms with E-state index < -0.39 is 0 Å². The lowest BCUT2D eigenvalue weighted by molar-refractivity contribution is -0.136. The van der Waals surface area contributed by atoms with Gasteiger partial charge in [-0.15, -0.1) is 0 Å². The lowest BCUT2D eigenvalue weighted by Crippen LogP contribution is -2.51. The summed E-state index contributed by atoms with van der Waals surface area (Å²) in [7, 11) is 1.66. The Morgan fingerprint density at radius 1 is 0.963 bits per heavy atom. The summed E-state index contributed by atoms with van der Waals surface area (Å²) in [5.74, 6) is 1.95. The largest absolute Gasteiger partial charge is 0.497 e. The number of hydrogen-bond acceptors (Lipinski definition) is 6. The van der Waals surface area contributed by atoms with E-state index in [9.17, 15) is 4.79 Å². The number of amides is 1. The lowest BCUT2D eigenvalue weighted by Gasteiger charge is -2.36. The highest BCUT2D eigenvalue weighted by molar-refractivity contribution is 5.78. The van der Waals surface area contributed by atoms with Crippen molar-refractivity contribution in [2.24, 2.45) is 0 Å². The molecule has 0 saturated carbocycles. The zero-order chi connectivity index (χ0) is 18.9. The highest BCUT2D eigenvalue weighted by Gasteiger charge is 2.22. The second-order valence-corrected chi connectivity index (χ2v) is 6.99. The molecule has 3 rings (SSSR count). The minimum atomic E-state index is 0.236. The smallest absolute Gasteiger partial charge is 0.236 e. The van der Waals surface area contributed by atoms with E-state index in [2.05, 4.69) is 9.80 Å². The van der Waals surface area contributed by atoms with E-state index in [1.54, 1.807) is 7.11 Å². The number of rotatable bonds is 8. The summed E-state index contributed by atoms with van der Waals surface area (Å²) in [6, 6.07) is 7.69. The molecule has 0 N–H and O–H groups in total. The zero-order valence-corrected chi connectivity index (χ0v) is 16.3. The van der Waals surface area contributed by atoms with E-state index in [1.165, 1.54) is 0 Å². The third kappa shape index (κ3) is 6.37. The van der Waals surface area contributed by atoms with Crippen LogP contribution in [-0.4, -0.2) is 99.9 Å². The Kier molecular flexibility index (Phi) is 7.74. The van der Waals surface area contributed by atoms with Crippen LogP contribution in [-0.2, 0) is 9.53 Å². The number of carbonyl (C=O) groups is 1. The maximum Gasteiger partial charge on any atom is 0.236 e. The molecule has 1 amide bonds. The van der Waals surface area contributed by atoms with E-state index in [0.29, 0.717) is 26.4 Å². The van der Waals surface area contributed by atoms with Crippen molar-refractivity contribution in [1.29, 1.82) is 0 Å². The van der Waals surface area contributed by atoms with Gasteiger partial charge in [-0.25, -0.2) is 0 Å². The molecule has 7 nitrogen and oxygen atoms in total. The quantitative estimate of drug-likeness (QED) is 0.629. The van der Waals surface area contributed by atoms with Gasteiger partial charge in [0.25, 0.3) is 0 Å². The molecule has 2 aliphatic heterocycles. The number of piperazine rings is 1. The van der Waals surface area contributed by atoms with Gasteiger partial charge >= 0.3 is 0 Å². The molecule has 2 heterocycles. The van der Waals surface area contributed by atoms with Gasteiger partial charge in [0.05, 0.1) is 33.5 Å². The van der Waals surface area contributed by atoms with Crippen molar-refractivity contribution >= 4 is 5.91 Å². The number of carbonyl (C=O) groups excluding carboxylic acids is 1. The Morgan fingerprint density at radius 3 is 2.26 bits per heavy atom. The average molecular weight is 377 g/mol. The van der Waals surface area contributed by atoms with Crippen molar-refractivity contribution in [3.8, 4) is 11.5 Å². The summed E-state index contributed by atoms with van der Waals surface area (Å²) < 4.78 is 16.2. The van der Waals surface area contributed by atoms with E-state index in [0.717, 1.165) is 63.7 Å². The Bertz CT molecular complexity index is 567. The zero-order valence-electron chi connectivity index (χ0n) is 16.3. The predicted octanol–water partition coefficient (Wildman–Crippen LogP) is 0.941. The van der Waals surface area contributed by atoms with Crippen molar-refractivity contribution in [1.82, 2.24) is 14.7 Å². The van der Waals surface area contributed by atoms with Crippen molar-refractivity contribution in [3.63, 3.8) is 0 Å². The van der Waals surface area contributed by atoms with Gasteiger partial charge in [-0.2, -0.15) is 0 Å². The normalized spacial score (nSPS) is 19.1. The minimum Gasteiger partial charge on any atom is -0.497 e. The Balaban J connectivity index is 1.27. The fourth-order valence-corrected chi connectivity index (χ4v) is 3.43. The van der Waals surface area contributed by atoms with E-state index >= 15 is 0 Å². The first-order chi connectivity index (χ1) is 13.2. The molecule has 0 atom stereocenters. The summed E-state index contributed by atoms with van der Waals surface area (Å²) in [6.07, 6.45) is 0.999. The van der Waals surface area contributed by atoms with E-state index in [-0.39, 0.29) is 5.91 Å². The molecule has 1 aromatic rings. The topological polar surface area (TPSA) is 54.5 Å². The van der Waals surface area contributed by atoms with Crippen LogP contribution in [0.1, 0.15) is 6.42 Å². The van der Waals surface area contributed by atoms with Gasteiger partial charge < -0.3 is 24.0 Å². The molecule has 2 fully saturated rings. The second kappa shape index (κ2) is 10.5. The van der Waals surface area contributed by atoms with Crippen molar-refractivity contribution < 1.29 is 19.0 Å². The summed E-state index contributed by atoms with van der Waals surface area (Å²) in [5, 5.41) is 0. The molecule has 0 aromatic heterocycles. The molecule has 2 saturated heterocycles. The van der Waals surface area contributed by atoms with Gasteiger partial charge in [0.2, 0.25) is 5.91 Å². The van der Waals surface area contributed by atoms with Crippen molar-refractivity contribution in [2.45, 2.75) is 6.42 Å². The summed E-state index contributed by atoms with van der Waals surface area (Å²) in [6.45, 7) is 9.00. The number of hydrogen-bond donors (Lipinski definition) is 0. The SMILES string of the molecule is COc1ccc(OCCCN2CCN(CC(=O)N3CCOCC3)CC2)cc1. The van der Waals surface area contributed by atoms with Gasteiger partial charge in [0.1, 0.15) is 11.5 Å². The molecule has 0 unspecified atom stereocenters. The average Bonchev–Trinajstić information content (AvgIpc) is 2.73. The molecule has 0 radical (unpaired) electrons. The molecule has 0 bridgehead atoms. The third-order valence-corrected chi connectivity index (χ3v) is 5.13. The van der Waals surface area contributed by atoms with Crippen molar-refractivity contribution in [2.75, 3.05) is 79.3 Å². The molecule has 0 spiro atoms. The Hall–Kier alpha value is -1.83. The van der Waals surface area contributed by atoms with Crippen LogP contribution >= 0.6 is 0 Å². The maximum atomic E-state index is 12.3. The number of ether oxygens (including phenoxy) is 3. The molecular weight excluding hydrogens is 346 g/mol. The number of morpholine rings is 1. The first-order valence-corrected chi connectivity index (χ1v) is 9.81. The molecule has 150 valence electrons. The van der Waals surface area contributed by atoms with Crippen LogP contribution in [0.15, 0.2) is 24.3 Å². The fourth-order valence-electron chi connectivity index (χ4n) is 3.43. The van der Waals surface area contributed by atoms with Crippen LogP contribution in [0.25, 0.3) is 0 Å². The van der Waals surface area contributed by atoms with Crippen LogP contribution in [0.2, 0.25) is 0 Å². The highest BCUT2D eigenvalue weighted by Crippen LogP contribution is 2.17. The van der Waals surface area contributed by atoms with Gasteiger partial charge in [0.15, 0.2) is 0 Å². The summed E-state index contributed by atoms with van der Waals surface area (Å²) >= 11 is 0. The predicted molar refractivity (Wildman–Crippen MR) is 103 cm³/mol. The summed E-state index contributed by atoms with van der Waals surface area (Å²) in [5.41, 5.74) is 0. The van der Waals surface area contributed by atoms with Crippen LogP contribution in [0.3, 0.4) is 0 Å². The van der Waals surface area contributed by atoms with Crippen LogP contribution < -0.4 is 9.47 Å². The molecule has 1 aromatic carbocycles. The van der Waals surface area contributed by atoms with E-state index in [1.807, 2.05) is 29.2 Å². The van der Waals surface area contributed by atoms with Crippen molar-refractivity contribution in [3.05, 3.63) is 24.3 Å². The number of nitrogens with zero attached hydrogens (tertiary/aromatic N) is 3. The second-order valence-electron chi connectivity index (χ2n) is 6.99. The van der Waals surface area contributed by atoms with Gasteiger partial charge in [-0.1, -0.05) is 0 Å². The first kappa shape index (κ1) is 19.9. The minimum absolute atomic E-state index is 0.236. The number of benzene rings is 1. The van der Waals surface area contributed by atoms with Crippen LogP contribution in [0, 0.1) is 0 Å². The van der Waals surface area contributed by atoms with E-state index in [4.69, 9.17) is 14.2 Å². The van der Waals surface area contributed by atoms with Gasteiger partial charge in [0, 0.05) is 45.8 Å². The van der Waals surface area contributed by atoms with Crippen LogP contribution in [0.4, 0.5) is 0 Å². The summed E-state index contributed by atoms with van der Waals surface area (Å²) in [4.78, 5) is 19.0. The highest BCUT2D eigenvalue weighted by atomic mass is 16.5. The van der Waals surface area contributed by atoms with Crippen LogP contribution in [0.5, 0.6) is 11.5 Å². The molecule has 2 aliphatic rings. The Labute approximate surface area is 161 Å². The number of methoxy groups -OCH3 is 1. The van der Waals surface area contributed by atoms with Gasteiger partial charge in [-0.05, 0) is 30.7 Å². The molecule has 7 heteroatoms. The monoisotopic (exact) mass is 377 g/mol. The maximum absolute atomic E-state index is 12.3. The fraction of sp³-hybridized carbons (Fsp3) is 0.650. The molecular formula is C20H31N3O4. The lowest BCUT2D eigenvalue weighted by atomic mass is 10.2. The first-order valence-electron chi connectivity index (χ1n) is 9.81. The molecule has 27 heavy (non-hydrogen) atoms.